The molecule has 0 aromatic heterocycles. The molecule has 0 aliphatic heterocycles. The van der Waals surface area contributed by atoms with Crippen molar-refractivity contribution in [2.45, 2.75) is 0 Å². The number of rotatable bonds is 3. The van der Waals surface area contributed by atoms with E-state index in [9.17, 15) is 14.3 Å². The Morgan fingerprint density at radius 1 is 1.30 bits per heavy atom. The van der Waals surface area contributed by atoms with Crippen LogP contribution in [0.5, 0.6) is 5.75 Å². The molecule has 0 fully saturated rings. The largest absolute Gasteiger partial charge is 0.507 e. The van der Waals surface area contributed by atoms with Crippen molar-refractivity contribution in [1.29, 1.82) is 0 Å². The number of carbonyl (C=O) groups is 1. The van der Waals surface area contributed by atoms with Crippen LogP contribution in [0, 0.1) is 9.39 Å². The minimum atomic E-state index is -0.491. The van der Waals surface area contributed by atoms with Crippen LogP contribution in [0.25, 0.3) is 0 Å². The van der Waals surface area contributed by atoms with Gasteiger partial charge in [-0.25, -0.2) is 9.82 Å². The number of hydrazone groups is 1. The molecule has 2 aromatic rings. The fourth-order valence-electron chi connectivity index (χ4n) is 1.46. The van der Waals surface area contributed by atoms with Gasteiger partial charge in [-0.15, -0.1) is 0 Å². The highest BCUT2D eigenvalue weighted by molar-refractivity contribution is 14.1. The molecule has 4 nitrogen and oxygen atoms in total. The number of halogens is 2. The average Bonchev–Trinajstić information content (AvgIpc) is 2.42. The van der Waals surface area contributed by atoms with Crippen molar-refractivity contribution in [3.8, 4) is 5.75 Å². The molecule has 102 valence electrons. The molecule has 0 atom stereocenters. The first-order valence-corrected chi connectivity index (χ1v) is 6.71. The van der Waals surface area contributed by atoms with Crippen LogP contribution >= 0.6 is 22.6 Å². The summed E-state index contributed by atoms with van der Waals surface area (Å²) in [6.07, 6.45) is 1.44. The average molecular weight is 384 g/mol. The van der Waals surface area contributed by atoms with Gasteiger partial charge in [0.2, 0.25) is 0 Å². The Kier molecular flexibility index (Phi) is 4.67. The number of hydrogen-bond acceptors (Lipinski definition) is 3. The zero-order valence-corrected chi connectivity index (χ0v) is 12.3. The number of carbonyl (C=O) groups excluding carboxylic acids is 1. The van der Waals surface area contributed by atoms with Crippen molar-refractivity contribution in [3.63, 3.8) is 0 Å². The zero-order chi connectivity index (χ0) is 14.5. The maximum atomic E-state index is 13.0. The SMILES string of the molecule is O=C(N/N=C\c1ccc(O)c(I)c1)c1cccc(F)c1. The Labute approximate surface area is 128 Å². The quantitative estimate of drug-likeness (QED) is 0.486. The molecule has 2 rings (SSSR count). The van der Waals surface area contributed by atoms with Gasteiger partial charge < -0.3 is 5.11 Å². The van der Waals surface area contributed by atoms with Gasteiger partial charge in [0, 0.05) is 5.56 Å². The molecule has 2 N–H and O–H groups in total. The Balaban J connectivity index is 2.02. The van der Waals surface area contributed by atoms with Gasteiger partial charge in [-0.1, -0.05) is 6.07 Å². The van der Waals surface area contributed by atoms with Gasteiger partial charge in [-0.2, -0.15) is 5.10 Å². The van der Waals surface area contributed by atoms with Crippen LogP contribution in [0.15, 0.2) is 47.6 Å². The second-order valence-electron chi connectivity index (χ2n) is 3.92. The van der Waals surface area contributed by atoms with Crippen molar-refractivity contribution in [1.82, 2.24) is 5.43 Å². The fraction of sp³-hybridized carbons (Fsp3) is 0. The number of aromatic hydroxyl groups is 1. The van der Waals surface area contributed by atoms with E-state index in [0.29, 0.717) is 3.57 Å². The van der Waals surface area contributed by atoms with E-state index in [1.54, 1.807) is 12.1 Å². The van der Waals surface area contributed by atoms with Crippen LogP contribution in [0.4, 0.5) is 4.39 Å². The molecule has 1 amide bonds. The van der Waals surface area contributed by atoms with Crippen LogP contribution in [0.1, 0.15) is 15.9 Å². The van der Waals surface area contributed by atoms with Crippen LogP contribution < -0.4 is 5.43 Å². The van der Waals surface area contributed by atoms with Crippen molar-refractivity contribution < 1.29 is 14.3 Å². The Morgan fingerprint density at radius 3 is 2.80 bits per heavy atom. The molecule has 6 heteroatoms. The standard InChI is InChI=1S/C14H10FIN2O2/c15-11-3-1-2-10(7-11)14(20)18-17-8-9-4-5-13(19)12(16)6-9/h1-8,19H,(H,18,20)/b17-8-. The minimum absolute atomic E-state index is 0.187. The van der Waals surface area contributed by atoms with Crippen LogP contribution in [0.3, 0.4) is 0 Å². The number of amides is 1. The molecule has 0 spiro atoms. The van der Waals surface area contributed by atoms with Crippen LogP contribution in [-0.4, -0.2) is 17.2 Å². The molecule has 0 radical (unpaired) electrons. The number of nitrogens with zero attached hydrogens (tertiary/aromatic N) is 1. The number of hydrogen-bond donors (Lipinski definition) is 2. The van der Waals surface area contributed by atoms with E-state index in [1.165, 1.54) is 30.5 Å². The molecule has 0 saturated carbocycles. The Hall–Kier alpha value is -1.96. The lowest BCUT2D eigenvalue weighted by Gasteiger charge is -2.00. The summed E-state index contributed by atoms with van der Waals surface area (Å²) >= 11 is 1.99. The molecule has 20 heavy (non-hydrogen) atoms. The van der Waals surface area contributed by atoms with Gasteiger partial charge in [0.15, 0.2) is 0 Å². The third-order valence-electron chi connectivity index (χ3n) is 2.44. The van der Waals surface area contributed by atoms with Crippen LogP contribution in [-0.2, 0) is 0 Å². The summed E-state index contributed by atoms with van der Waals surface area (Å²) in [6.45, 7) is 0. The minimum Gasteiger partial charge on any atom is -0.507 e. The van der Waals surface area contributed by atoms with E-state index in [1.807, 2.05) is 22.6 Å². The summed E-state index contributed by atoms with van der Waals surface area (Å²) in [4.78, 5) is 11.7. The molecule has 0 aliphatic carbocycles. The van der Waals surface area contributed by atoms with E-state index < -0.39 is 11.7 Å². The summed E-state index contributed by atoms with van der Waals surface area (Å²) in [5.41, 5.74) is 3.23. The number of nitrogens with one attached hydrogen (secondary N) is 1. The molecular weight excluding hydrogens is 374 g/mol. The summed E-state index contributed by atoms with van der Waals surface area (Å²) < 4.78 is 13.6. The van der Waals surface area contributed by atoms with E-state index in [-0.39, 0.29) is 11.3 Å². The van der Waals surface area contributed by atoms with Crippen molar-refractivity contribution >= 4 is 34.7 Å². The van der Waals surface area contributed by atoms with Crippen molar-refractivity contribution in [2.75, 3.05) is 0 Å². The second-order valence-corrected chi connectivity index (χ2v) is 5.08. The number of benzene rings is 2. The first kappa shape index (κ1) is 14.4. The van der Waals surface area contributed by atoms with E-state index in [4.69, 9.17) is 0 Å². The number of phenols is 1. The molecule has 0 aliphatic rings. The molecular formula is C14H10FIN2O2. The maximum absolute atomic E-state index is 13.0. The van der Waals surface area contributed by atoms with E-state index in [2.05, 4.69) is 10.5 Å². The zero-order valence-electron chi connectivity index (χ0n) is 10.2. The smallest absolute Gasteiger partial charge is 0.271 e. The van der Waals surface area contributed by atoms with Crippen molar-refractivity contribution in [3.05, 3.63) is 63.0 Å². The summed E-state index contributed by atoms with van der Waals surface area (Å²) in [5.74, 6) is -0.782. The third-order valence-corrected chi connectivity index (χ3v) is 3.30. The highest BCUT2D eigenvalue weighted by Gasteiger charge is 2.04. The Morgan fingerprint density at radius 2 is 2.10 bits per heavy atom. The summed E-state index contributed by atoms with van der Waals surface area (Å²) in [5, 5.41) is 13.2. The van der Waals surface area contributed by atoms with Gasteiger partial charge in [0.1, 0.15) is 11.6 Å². The summed E-state index contributed by atoms with van der Waals surface area (Å²) in [6, 6.07) is 10.3. The predicted molar refractivity (Wildman–Crippen MR) is 82.3 cm³/mol. The van der Waals surface area contributed by atoms with Gasteiger partial charge in [-0.05, 0) is 64.6 Å². The van der Waals surface area contributed by atoms with Crippen molar-refractivity contribution in [2.24, 2.45) is 5.10 Å². The highest BCUT2D eigenvalue weighted by atomic mass is 127. The normalized spacial score (nSPS) is 10.7. The lowest BCUT2D eigenvalue weighted by Crippen LogP contribution is -2.17. The predicted octanol–water partition coefficient (Wildman–Crippen LogP) is 2.90. The molecule has 2 aromatic carbocycles. The highest BCUT2D eigenvalue weighted by Crippen LogP contribution is 2.19. The monoisotopic (exact) mass is 384 g/mol. The van der Waals surface area contributed by atoms with Gasteiger partial charge in [0.05, 0.1) is 9.78 Å². The van der Waals surface area contributed by atoms with E-state index in [0.717, 1.165) is 11.6 Å². The molecule has 0 unspecified atom stereocenters. The first-order chi connectivity index (χ1) is 9.56. The maximum Gasteiger partial charge on any atom is 0.271 e. The Bertz CT molecular complexity index is 674. The molecule has 0 heterocycles. The lowest BCUT2D eigenvalue weighted by molar-refractivity contribution is 0.0954. The van der Waals surface area contributed by atoms with E-state index >= 15 is 0 Å². The number of phenolic OH excluding ortho intramolecular Hbond substituents is 1. The van der Waals surface area contributed by atoms with Crippen LogP contribution in [0.2, 0.25) is 0 Å². The van der Waals surface area contributed by atoms with Gasteiger partial charge in [0.25, 0.3) is 5.91 Å². The lowest BCUT2D eigenvalue weighted by atomic mass is 10.2. The molecule has 0 bridgehead atoms. The van der Waals surface area contributed by atoms with Gasteiger partial charge >= 0.3 is 0 Å². The first-order valence-electron chi connectivity index (χ1n) is 5.64. The fourth-order valence-corrected chi connectivity index (χ4v) is 2.00. The van der Waals surface area contributed by atoms with Gasteiger partial charge in [-0.3, -0.25) is 4.79 Å². The molecule has 0 saturated heterocycles. The summed E-state index contributed by atoms with van der Waals surface area (Å²) in [7, 11) is 0. The third kappa shape index (κ3) is 3.77. The second kappa shape index (κ2) is 6.47. The topological polar surface area (TPSA) is 61.7 Å².